The second-order valence-electron chi connectivity index (χ2n) is 6.32. The Morgan fingerprint density at radius 1 is 1.10 bits per heavy atom. The fourth-order valence-electron chi connectivity index (χ4n) is 2.85. The number of rotatable bonds is 6. The van der Waals surface area contributed by atoms with E-state index >= 15 is 0 Å². The molecule has 0 aliphatic heterocycles. The minimum absolute atomic E-state index is 0.101. The van der Waals surface area contributed by atoms with E-state index in [4.69, 9.17) is 5.11 Å². The van der Waals surface area contributed by atoms with Gasteiger partial charge in [-0.2, -0.15) is 0 Å². The lowest BCUT2D eigenvalue weighted by atomic mass is 9.84. The summed E-state index contributed by atoms with van der Waals surface area (Å²) in [5, 5.41) is 14.6. The highest BCUT2D eigenvalue weighted by Gasteiger charge is 2.24. The summed E-state index contributed by atoms with van der Waals surface area (Å²) in [5.41, 5.74) is 0. The maximum absolute atomic E-state index is 11.9. The average molecular weight is 284 g/mol. The molecule has 2 amide bonds. The summed E-state index contributed by atoms with van der Waals surface area (Å²) in [6.45, 7) is 5.90. The highest BCUT2D eigenvalue weighted by atomic mass is 16.4. The van der Waals surface area contributed by atoms with Crippen molar-refractivity contribution in [1.29, 1.82) is 0 Å². The first-order valence-electron chi connectivity index (χ1n) is 7.70. The summed E-state index contributed by atoms with van der Waals surface area (Å²) in [4.78, 5) is 23.0. The molecule has 1 aliphatic rings. The van der Waals surface area contributed by atoms with E-state index in [0.717, 1.165) is 12.8 Å². The topological polar surface area (TPSA) is 78.4 Å². The molecule has 0 heterocycles. The molecule has 0 saturated heterocycles. The quantitative estimate of drug-likeness (QED) is 0.701. The van der Waals surface area contributed by atoms with E-state index < -0.39 is 12.0 Å². The lowest BCUT2D eigenvalue weighted by molar-refractivity contribution is -0.139. The molecule has 3 N–H and O–H groups in total. The third-order valence-electron chi connectivity index (χ3n) is 4.03. The van der Waals surface area contributed by atoms with Crippen LogP contribution in [0.4, 0.5) is 4.79 Å². The molecule has 0 spiro atoms. The van der Waals surface area contributed by atoms with Crippen LogP contribution in [0, 0.1) is 11.8 Å². The van der Waals surface area contributed by atoms with Crippen molar-refractivity contribution in [3.05, 3.63) is 0 Å². The second kappa shape index (κ2) is 8.12. The van der Waals surface area contributed by atoms with Gasteiger partial charge in [-0.25, -0.2) is 9.59 Å². The van der Waals surface area contributed by atoms with Gasteiger partial charge in [0.05, 0.1) is 0 Å². The zero-order valence-corrected chi connectivity index (χ0v) is 12.8. The van der Waals surface area contributed by atoms with Gasteiger partial charge in [-0.15, -0.1) is 0 Å². The number of aliphatic carboxylic acids is 1. The highest BCUT2D eigenvalue weighted by molar-refractivity contribution is 5.82. The van der Waals surface area contributed by atoms with Gasteiger partial charge in [0.15, 0.2) is 0 Å². The number of amides is 2. The largest absolute Gasteiger partial charge is 0.480 e. The maximum atomic E-state index is 11.9. The zero-order valence-electron chi connectivity index (χ0n) is 12.8. The van der Waals surface area contributed by atoms with E-state index in [1.807, 2.05) is 20.8 Å². The van der Waals surface area contributed by atoms with Crippen LogP contribution in [-0.2, 0) is 4.79 Å². The lowest BCUT2D eigenvalue weighted by Gasteiger charge is -2.28. The Morgan fingerprint density at radius 2 is 1.70 bits per heavy atom. The monoisotopic (exact) mass is 284 g/mol. The van der Waals surface area contributed by atoms with Gasteiger partial charge in [0.25, 0.3) is 0 Å². The Hall–Kier alpha value is -1.26. The second-order valence-corrected chi connectivity index (χ2v) is 6.32. The molecular weight excluding hydrogens is 256 g/mol. The van der Waals surface area contributed by atoms with Crippen molar-refractivity contribution in [1.82, 2.24) is 10.6 Å². The minimum atomic E-state index is -0.973. The van der Waals surface area contributed by atoms with E-state index in [1.165, 1.54) is 19.3 Å². The van der Waals surface area contributed by atoms with Crippen molar-refractivity contribution in [2.75, 3.05) is 0 Å². The Labute approximate surface area is 121 Å². The predicted octanol–water partition coefficient (Wildman–Crippen LogP) is 2.75. The normalized spacial score (nSPS) is 19.4. The van der Waals surface area contributed by atoms with Gasteiger partial charge in [-0.3, -0.25) is 0 Å². The molecule has 2 atom stereocenters. The molecule has 5 nitrogen and oxygen atoms in total. The molecule has 1 aliphatic carbocycles. The minimum Gasteiger partial charge on any atom is -0.480 e. The first kappa shape index (κ1) is 16.8. The van der Waals surface area contributed by atoms with Crippen LogP contribution in [-0.4, -0.2) is 29.2 Å². The molecule has 1 saturated carbocycles. The Kier molecular flexibility index (Phi) is 6.82. The molecule has 0 aromatic heterocycles. The van der Waals surface area contributed by atoms with Crippen LogP contribution in [0.2, 0.25) is 0 Å². The smallest absolute Gasteiger partial charge is 0.326 e. The van der Waals surface area contributed by atoms with E-state index in [1.54, 1.807) is 0 Å². The van der Waals surface area contributed by atoms with Crippen molar-refractivity contribution in [3.63, 3.8) is 0 Å². The van der Waals surface area contributed by atoms with Crippen LogP contribution >= 0.6 is 0 Å². The SMILES string of the molecule is CC(C)C[C@@H](NC(=O)NC(C)C1CCCCC1)C(=O)O. The number of carboxylic acid groups (broad SMARTS) is 1. The summed E-state index contributed by atoms with van der Waals surface area (Å²) >= 11 is 0. The number of urea groups is 1. The number of hydrogen-bond acceptors (Lipinski definition) is 2. The van der Waals surface area contributed by atoms with Gasteiger partial charge >= 0.3 is 12.0 Å². The summed E-state index contributed by atoms with van der Waals surface area (Å²) in [6.07, 6.45) is 6.48. The van der Waals surface area contributed by atoms with Crippen LogP contribution in [0.1, 0.15) is 59.3 Å². The van der Waals surface area contributed by atoms with Crippen LogP contribution in [0.25, 0.3) is 0 Å². The fraction of sp³-hybridized carbons (Fsp3) is 0.867. The average Bonchev–Trinajstić information content (AvgIpc) is 2.38. The van der Waals surface area contributed by atoms with E-state index in [0.29, 0.717) is 12.3 Å². The third-order valence-corrected chi connectivity index (χ3v) is 4.03. The molecule has 1 fully saturated rings. The van der Waals surface area contributed by atoms with Crippen molar-refractivity contribution in [2.45, 2.75) is 71.4 Å². The van der Waals surface area contributed by atoms with Crippen molar-refractivity contribution < 1.29 is 14.7 Å². The Bertz CT molecular complexity index is 325. The molecule has 1 rings (SSSR count). The summed E-state index contributed by atoms with van der Waals surface area (Å²) < 4.78 is 0. The molecule has 1 unspecified atom stereocenters. The number of carbonyl (C=O) groups excluding carboxylic acids is 1. The van der Waals surface area contributed by atoms with Crippen LogP contribution in [0.3, 0.4) is 0 Å². The lowest BCUT2D eigenvalue weighted by Crippen LogP contribution is -2.50. The highest BCUT2D eigenvalue weighted by Crippen LogP contribution is 2.26. The molecule has 5 heteroatoms. The number of hydrogen-bond donors (Lipinski definition) is 3. The Morgan fingerprint density at radius 3 is 2.20 bits per heavy atom. The maximum Gasteiger partial charge on any atom is 0.326 e. The molecular formula is C15H28N2O3. The molecule has 116 valence electrons. The van der Waals surface area contributed by atoms with Crippen LogP contribution in [0.5, 0.6) is 0 Å². The van der Waals surface area contributed by atoms with Crippen LogP contribution < -0.4 is 10.6 Å². The third kappa shape index (κ3) is 5.80. The summed E-state index contributed by atoms with van der Waals surface area (Å²) in [5.74, 6) is -0.228. The standard InChI is InChI=1S/C15H28N2O3/c1-10(2)9-13(14(18)19)17-15(20)16-11(3)12-7-5-4-6-8-12/h10-13H,4-9H2,1-3H3,(H,18,19)(H2,16,17,20)/t11?,13-/m1/s1. The van der Waals surface area contributed by atoms with Gasteiger partial charge in [-0.05, 0) is 38.0 Å². The van der Waals surface area contributed by atoms with Crippen molar-refractivity contribution in [2.24, 2.45) is 11.8 Å². The molecule has 0 aromatic rings. The van der Waals surface area contributed by atoms with Crippen molar-refractivity contribution >= 4 is 12.0 Å². The number of nitrogens with one attached hydrogen (secondary N) is 2. The van der Waals surface area contributed by atoms with Gasteiger partial charge in [-0.1, -0.05) is 33.1 Å². The van der Waals surface area contributed by atoms with Crippen LogP contribution in [0.15, 0.2) is 0 Å². The number of carbonyl (C=O) groups is 2. The summed E-state index contributed by atoms with van der Waals surface area (Å²) in [7, 11) is 0. The first-order chi connectivity index (χ1) is 9.40. The van der Waals surface area contributed by atoms with Gasteiger partial charge in [0, 0.05) is 6.04 Å². The van der Waals surface area contributed by atoms with E-state index in [2.05, 4.69) is 10.6 Å². The fourth-order valence-corrected chi connectivity index (χ4v) is 2.85. The first-order valence-corrected chi connectivity index (χ1v) is 7.70. The van der Waals surface area contributed by atoms with Gasteiger partial charge in [0.1, 0.15) is 6.04 Å². The van der Waals surface area contributed by atoms with Gasteiger partial charge < -0.3 is 15.7 Å². The molecule has 0 bridgehead atoms. The Balaban J connectivity index is 2.41. The predicted molar refractivity (Wildman–Crippen MR) is 78.6 cm³/mol. The zero-order chi connectivity index (χ0) is 15.1. The van der Waals surface area contributed by atoms with E-state index in [9.17, 15) is 9.59 Å². The van der Waals surface area contributed by atoms with E-state index in [-0.39, 0.29) is 18.0 Å². The number of carboxylic acids is 1. The van der Waals surface area contributed by atoms with Gasteiger partial charge in [0.2, 0.25) is 0 Å². The van der Waals surface area contributed by atoms with Crippen molar-refractivity contribution in [3.8, 4) is 0 Å². The molecule has 0 radical (unpaired) electrons. The molecule has 0 aromatic carbocycles. The molecule has 20 heavy (non-hydrogen) atoms. The summed E-state index contributed by atoms with van der Waals surface area (Å²) in [6, 6.07) is -1.08.